The third kappa shape index (κ3) is 9.39. The molecule has 0 spiro atoms. The lowest BCUT2D eigenvalue weighted by molar-refractivity contribution is -0.134. The number of hydrogen-bond acceptors (Lipinski definition) is 5. The number of piperidine rings is 1. The number of imidazole rings is 1. The van der Waals surface area contributed by atoms with Crippen molar-refractivity contribution in [3.63, 3.8) is 0 Å². The maximum Gasteiger partial charge on any atom is 0.318 e. The molecule has 2 fully saturated rings. The Bertz CT molecular complexity index is 1070. The Morgan fingerprint density at radius 2 is 1.64 bits per heavy atom. The molecule has 0 radical (unpaired) electrons. The lowest BCUT2D eigenvalue weighted by Gasteiger charge is -2.41. The highest BCUT2D eigenvalue weighted by Gasteiger charge is 2.32. The van der Waals surface area contributed by atoms with E-state index in [-0.39, 0.29) is 11.9 Å². The molecule has 1 aromatic carbocycles. The molecule has 2 aliphatic heterocycles. The number of likely N-dealkylation sites (tertiary alicyclic amines) is 2. The summed E-state index contributed by atoms with van der Waals surface area (Å²) in [5, 5.41) is 6.59. The number of urea groups is 1. The number of nitrogens with one attached hydrogen (secondary N) is 3. The number of H-pyrrole nitrogens is 1. The number of hydrogen-bond donors (Lipinski definition) is 3. The second-order valence-corrected chi connectivity index (χ2v) is 12.9. The molecule has 0 aliphatic carbocycles. The lowest BCUT2D eigenvalue weighted by Crippen LogP contribution is -2.55. The molecule has 42 heavy (non-hydrogen) atoms. The molecule has 4 rings (SSSR count). The first-order valence-electron chi connectivity index (χ1n) is 16.2. The molecule has 9 heteroatoms. The van der Waals surface area contributed by atoms with Gasteiger partial charge in [-0.25, -0.2) is 9.78 Å². The summed E-state index contributed by atoms with van der Waals surface area (Å²) in [7, 11) is 0. The van der Waals surface area contributed by atoms with Gasteiger partial charge in [-0.15, -0.1) is 0 Å². The molecule has 0 saturated carbocycles. The van der Waals surface area contributed by atoms with Crippen molar-refractivity contribution >= 4 is 23.3 Å². The van der Waals surface area contributed by atoms with Gasteiger partial charge in [-0.05, 0) is 74.6 Å². The van der Waals surface area contributed by atoms with Gasteiger partial charge in [0.05, 0.1) is 18.6 Å². The van der Waals surface area contributed by atoms with Gasteiger partial charge in [-0.3, -0.25) is 4.79 Å². The molecule has 3 heterocycles. The smallest absolute Gasteiger partial charge is 0.318 e. The van der Waals surface area contributed by atoms with Gasteiger partial charge in [0.25, 0.3) is 0 Å². The molecule has 2 aliphatic rings. The Labute approximate surface area is 252 Å². The van der Waals surface area contributed by atoms with E-state index in [4.69, 9.17) is 0 Å². The molecule has 0 unspecified atom stereocenters. The number of anilines is 2. The second-order valence-electron chi connectivity index (χ2n) is 12.9. The third-order valence-corrected chi connectivity index (χ3v) is 8.60. The van der Waals surface area contributed by atoms with E-state index in [1.165, 1.54) is 18.5 Å². The maximum atomic E-state index is 13.7. The van der Waals surface area contributed by atoms with Gasteiger partial charge in [0, 0.05) is 56.3 Å². The molecule has 3 amide bonds. The summed E-state index contributed by atoms with van der Waals surface area (Å²) < 4.78 is 0. The third-order valence-electron chi connectivity index (χ3n) is 8.60. The van der Waals surface area contributed by atoms with Gasteiger partial charge in [0.1, 0.15) is 6.04 Å². The summed E-state index contributed by atoms with van der Waals surface area (Å²) >= 11 is 0. The summed E-state index contributed by atoms with van der Waals surface area (Å²) in [5.41, 5.74) is 3.36. The van der Waals surface area contributed by atoms with E-state index in [1.54, 1.807) is 6.33 Å². The van der Waals surface area contributed by atoms with E-state index >= 15 is 0 Å². The zero-order chi connectivity index (χ0) is 29.9. The molecular formula is C33H53N7O2. The monoisotopic (exact) mass is 579 g/mol. The molecule has 9 nitrogen and oxygen atoms in total. The van der Waals surface area contributed by atoms with Crippen LogP contribution in [0.15, 0.2) is 36.8 Å². The van der Waals surface area contributed by atoms with Crippen LogP contribution >= 0.6 is 0 Å². The van der Waals surface area contributed by atoms with Gasteiger partial charge in [0.15, 0.2) is 0 Å². The number of amides is 3. The van der Waals surface area contributed by atoms with Crippen LogP contribution in [0.2, 0.25) is 0 Å². The van der Waals surface area contributed by atoms with Crippen LogP contribution < -0.4 is 15.5 Å². The highest BCUT2D eigenvalue weighted by atomic mass is 16.2. The van der Waals surface area contributed by atoms with Crippen molar-refractivity contribution in [3.8, 4) is 0 Å². The number of nitrogens with zero attached hydrogens (tertiary/aromatic N) is 4. The molecule has 0 bridgehead atoms. The van der Waals surface area contributed by atoms with Gasteiger partial charge in [-0.2, -0.15) is 0 Å². The Kier molecular flexibility index (Phi) is 12.0. The van der Waals surface area contributed by atoms with Crippen LogP contribution in [-0.2, 0) is 11.3 Å². The topological polar surface area (TPSA) is 96.6 Å². The molecule has 2 aromatic rings. The summed E-state index contributed by atoms with van der Waals surface area (Å²) in [6, 6.07) is 8.57. The largest absolute Gasteiger partial charge is 0.379 e. The molecular weight excluding hydrogens is 526 g/mol. The van der Waals surface area contributed by atoms with Crippen molar-refractivity contribution in [2.75, 3.05) is 42.9 Å². The normalized spacial score (nSPS) is 17.3. The van der Waals surface area contributed by atoms with E-state index in [9.17, 15) is 9.59 Å². The van der Waals surface area contributed by atoms with Gasteiger partial charge in [0.2, 0.25) is 5.91 Å². The fourth-order valence-electron chi connectivity index (χ4n) is 6.09. The van der Waals surface area contributed by atoms with Crippen LogP contribution in [-0.4, -0.2) is 76.5 Å². The fourth-order valence-corrected chi connectivity index (χ4v) is 6.09. The van der Waals surface area contributed by atoms with E-state index in [1.807, 2.05) is 16.0 Å². The van der Waals surface area contributed by atoms with Crippen molar-refractivity contribution in [2.45, 2.75) is 97.7 Å². The molecule has 232 valence electrons. The standard InChI is InChI=1S/C33H53N7O2/c1-25(2)13-20-40(29-11-9-27(10-12-29)35-23-28-22-34-24-36-28)30-14-18-38(19-15-30)32(41)31(21-26(3)4)37-33(42)39-16-7-5-6-8-17-39/h9-12,22,24-26,30-31,35H,5-8,13-21,23H2,1-4H3,(H,34,36)(H,37,42)/t31-/m0/s1. The zero-order valence-electron chi connectivity index (χ0n) is 26.3. The number of carbonyl (C=O) groups excluding carboxylic acids is 2. The number of benzene rings is 1. The first kappa shape index (κ1) is 31.7. The van der Waals surface area contributed by atoms with E-state index in [0.29, 0.717) is 30.8 Å². The molecule has 2 saturated heterocycles. The fraction of sp³-hybridized carbons (Fsp3) is 0.667. The predicted octanol–water partition coefficient (Wildman–Crippen LogP) is 5.87. The van der Waals surface area contributed by atoms with Crippen LogP contribution in [0.25, 0.3) is 0 Å². The van der Waals surface area contributed by atoms with Crippen LogP contribution in [0.3, 0.4) is 0 Å². The van der Waals surface area contributed by atoms with Crippen molar-refractivity contribution in [1.29, 1.82) is 0 Å². The summed E-state index contributed by atoms with van der Waals surface area (Å²) in [4.78, 5) is 40.5. The van der Waals surface area contributed by atoms with Crippen molar-refractivity contribution in [1.82, 2.24) is 25.1 Å². The number of aromatic nitrogens is 2. The highest BCUT2D eigenvalue weighted by Crippen LogP contribution is 2.27. The second kappa shape index (κ2) is 15.8. The first-order valence-corrected chi connectivity index (χ1v) is 16.2. The average Bonchev–Trinajstić information content (AvgIpc) is 3.35. The quantitative estimate of drug-likeness (QED) is 0.293. The van der Waals surface area contributed by atoms with E-state index < -0.39 is 6.04 Å². The molecule has 1 aromatic heterocycles. The maximum absolute atomic E-state index is 13.7. The summed E-state index contributed by atoms with van der Waals surface area (Å²) in [5.74, 6) is 1.02. The Balaban J connectivity index is 1.36. The van der Waals surface area contributed by atoms with Crippen LogP contribution in [0.4, 0.5) is 16.2 Å². The van der Waals surface area contributed by atoms with Crippen LogP contribution in [0.5, 0.6) is 0 Å². The number of carbonyl (C=O) groups is 2. The minimum absolute atomic E-state index is 0.0757. The average molecular weight is 580 g/mol. The lowest BCUT2D eigenvalue weighted by atomic mass is 9.98. The highest BCUT2D eigenvalue weighted by molar-refractivity contribution is 5.87. The van der Waals surface area contributed by atoms with Gasteiger partial charge in [-0.1, -0.05) is 40.5 Å². The SMILES string of the molecule is CC(C)CCN(c1ccc(NCc2cnc[nH]2)cc1)C1CCN(C(=O)[C@H](CC(C)C)NC(=O)N2CCCCCC2)CC1. The van der Waals surface area contributed by atoms with Crippen molar-refractivity contribution < 1.29 is 9.59 Å². The van der Waals surface area contributed by atoms with Crippen molar-refractivity contribution in [3.05, 3.63) is 42.5 Å². The summed E-state index contributed by atoms with van der Waals surface area (Å²) in [6.45, 7) is 13.5. The Morgan fingerprint density at radius 3 is 2.24 bits per heavy atom. The number of rotatable bonds is 12. The van der Waals surface area contributed by atoms with Gasteiger partial charge < -0.3 is 30.3 Å². The van der Waals surface area contributed by atoms with Crippen LogP contribution in [0.1, 0.15) is 84.8 Å². The zero-order valence-corrected chi connectivity index (χ0v) is 26.3. The minimum Gasteiger partial charge on any atom is -0.379 e. The first-order chi connectivity index (χ1) is 20.3. The Hall–Kier alpha value is -3.23. The Morgan fingerprint density at radius 1 is 0.952 bits per heavy atom. The van der Waals surface area contributed by atoms with E-state index in [2.05, 4.69) is 77.5 Å². The molecule has 1 atom stereocenters. The van der Waals surface area contributed by atoms with E-state index in [0.717, 1.165) is 76.2 Å². The van der Waals surface area contributed by atoms with Crippen LogP contribution in [0, 0.1) is 11.8 Å². The number of aromatic amines is 1. The predicted molar refractivity (Wildman–Crippen MR) is 171 cm³/mol. The van der Waals surface area contributed by atoms with Gasteiger partial charge >= 0.3 is 6.03 Å². The summed E-state index contributed by atoms with van der Waals surface area (Å²) in [6.07, 6.45) is 11.6. The molecule has 3 N–H and O–H groups in total. The minimum atomic E-state index is -0.462. The van der Waals surface area contributed by atoms with Crippen molar-refractivity contribution in [2.24, 2.45) is 11.8 Å².